The summed E-state index contributed by atoms with van der Waals surface area (Å²) in [4.78, 5) is 27.1. The third kappa shape index (κ3) is 6.79. The van der Waals surface area contributed by atoms with Crippen LogP contribution < -0.4 is 19.5 Å². The van der Waals surface area contributed by atoms with Gasteiger partial charge in [-0.2, -0.15) is 0 Å². The summed E-state index contributed by atoms with van der Waals surface area (Å²) in [5.74, 6) is 2.25. The fourth-order valence-electron chi connectivity index (χ4n) is 3.86. The maximum absolute atomic E-state index is 12.9. The van der Waals surface area contributed by atoms with E-state index in [-0.39, 0.29) is 11.8 Å². The summed E-state index contributed by atoms with van der Waals surface area (Å²) in [5.41, 5.74) is 0.464. The molecule has 1 aliphatic heterocycles. The van der Waals surface area contributed by atoms with Crippen molar-refractivity contribution >= 4 is 17.9 Å². The number of nitrogens with one attached hydrogen (secondary N) is 1. The molecule has 8 nitrogen and oxygen atoms in total. The molecule has 1 aromatic carbocycles. The van der Waals surface area contributed by atoms with Crippen LogP contribution in [0.5, 0.6) is 17.2 Å². The molecule has 2 amide bonds. The molecule has 1 aromatic heterocycles. The lowest BCUT2D eigenvalue weighted by atomic mass is 9.96. The van der Waals surface area contributed by atoms with Crippen molar-refractivity contribution in [3.05, 3.63) is 47.9 Å². The molecule has 1 saturated heterocycles. The standard InChI is InChI=1S/C26H34N2O6/c1-4-31-22-16-20(17-23(32-5-2)25(22)33-6-3)26(30)27-18-19-11-13-28(14-12-19)24(29)10-9-21-8-7-15-34-21/h7-10,15-17,19H,4-6,11-14,18H2,1-3H3,(H,27,30). The quantitative estimate of drug-likeness (QED) is 0.496. The average Bonchev–Trinajstić information content (AvgIpc) is 3.37. The van der Waals surface area contributed by atoms with Gasteiger partial charge in [0.05, 0.1) is 26.1 Å². The Labute approximate surface area is 200 Å². The van der Waals surface area contributed by atoms with Crippen LogP contribution in [0.4, 0.5) is 0 Å². The van der Waals surface area contributed by atoms with Crippen molar-refractivity contribution in [3.8, 4) is 17.2 Å². The van der Waals surface area contributed by atoms with E-state index in [0.29, 0.717) is 73.9 Å². The number of likely N-dealkylation sites (tertiary alicyclic amines) is 1. The summed E-state index contributed by atoms with van der Waals surface area (Å²) in [6, 6.07) is 6.97. The van der Waals surface area contributed by atoms with Crippen molar-refractivity contribution in [1.82, 2.24) is 10.2 Å². The highest BCUT2D eigenvalue weighted by Crippen LogP contribution is 2.39. The smallest absolute Gasteiger partial charge is 0.251 e. The number of ether oxygens (including phenoxy) is 3. The molecule has 8 heteroatoms. The van der Waals surface area contributed by atoms with E-state index in [1.807, 2.05) is 25.7 Å². The number of furan rings is 1. The molecule has 0 spiro atoms. The van der Waals surface area contributed by atoms with Gasteiger partial charge >= 0.3 is 0 Å². The zero-order chi connectivity index (χ0) is 24.3. The summed E-state index contributed by atoms with van der Waals surface area (Å²) in [6.45, 7) is 8.88. The molecule has 3 rings (SSSR count). The van der Waals surface area contributed by atoms with Gasteiger partial charge in [-0.25, -0.2) is 0 Å². The van der Waals surface area contributed by atoms with Crippen LogP contribution in [0.15, 0.2) is 41.0 Å². The van der Waals surface area contributed by atoms with Crippen molar-refractivity contribution in [3.63, 3.8) is 0 Å². The molecule has 0 radical (unpaired) electrons. The number of benzene rings is 1. The minimum absolute atomic E-state index is 0.0276. The molecular weight excluding hydrogens is 436 g/mol. The van der Waals surface area contributed by atoms with E-state index < -0.39 is 0 Å². The molecule has 1 N–H and O–H groups in total. The molecular formula is C26H34N2O6. The topological polar surface area (TPSA) is 90.2 Å². The molecule has 0 aliphatic carbocycles. The Kier molecular flexibility index (Phi) is 9.43. The Hall–Kier alpha value is -3.42. The molecule has 34 heavy (non-hydrogen) atoms. The SMILES string of the molecule is CCOc1cc(C(=O)NCC2CCN(C(=O)C=Cc3ccco3)CC2)cc(OCC)c1OCC. The van der Waals surface area contributed by atoms with Crippen LogP contribution in [0.3, 0.4) is 0 Å². The van der Waals surface area contributed by atoms with Crippen molar-refractivity contribution in [2.75, 3.05) is 39.5 Å². The maximum atomic E-state index is 12.9. The predicted molar refractivity (Wildman–Crippen MR) is 129 cm³/mol. The van der Waals surface area contributed by atoms with Crippen molar-refractivity contribution in [1.29, 1.82) is 0 Å². The van der Waals surface area contributed by atoms with E-state index in [4.69, 9.17) is 18.6 Å². The van der Waals surface area contributed by atoms with Gasteiger partial charge < -0.3 is 28.8 Å². The fourth-order valence-corrected chi connectivity index (χ4v) is 3.86. The molecule has 2 aromatic rings. The van der Waals surface area contributed by atoms with Crippen LogP contribution in [-0.4, -0.2) is 56.2 Å². The molecule has 1 fully saturated rings. The second-order valence-electron chi connectivity index (χ2n) is 7.93. The van der Waals surface area contributed by atoms with E-state index in [2.05, 4.69) is 5.32 Å². The first-order valence-corrected chi connectivity index (χ1v) is 11.9. The number of nitrogens with zero attached hydrogens (tertiary/aromatic N) is 1. The number of amides is 2. The van der Waals surface area contributed by atoms with Crippen LogP contribution in [0.1, 0.15) is 49.7 Å². The highest BCUT2D eigenvalue weighted by Gasteiger charge is 2.23. The second kappa shape index (κ2) is 12.7. The molecule has 184 valence electrons. The number of hydrogen-bond acceptors (Lipinski definition) is 6. The van der Waals surface area contributed by atoms with Crippen LogP contribution in [-0.2, 0) is 4.79 Å². The van der Waals surface area contributed by atoms with E-state index in [1.165, 1.54) is 0 Å². The Bertz CT molecular complexity index is 935. The van der Waals surface area contributed by atoms with E-state index >= 15 is 0 Å². The van der Waals surface area contributed by atoms with Crippen LogP contribution >= 0.6 is 0 Å². The summed E-state index contributed by atoms with van der Waals surface area (Å²) in [5, 5.41) is 3.03. The Morgan fingerprint density at radius 3 is 2.26 bits per heavy atom. The molecule has 0 atom stereocenters. The van der Waals surface area contributed by atoms with Gasteiger partial charge in [0.1, 0.15) is 5.76 Å². The lowest BCUT2D eigenvalue weighted by Crippen LogP contribution is -2.41. The van der Waals surface area contributed by atoms with Crippen LogP contribution in [0.25, 0.3) is 6.08 Å². The van der Waals surface area contributed by atoms with E-state index in [9.17, 15) is 9.59 Å². The monoisotopic (exact) mass is 470 g/mol. The third-order valence-electron chi connectivity index (χ3n) is 5.58. The first-order valence-electron chi connectivity index (χ1n) is 11.9. The Balaban J connectivity index is 1.55. The van der Waals surface area contributed by atoms with E-state index in [0.717, 1.165) is 12.8 Å². The first-order chi connectivity index (χ1) is 16.5. The van der Waals surface area contributed by atoms with Gasteiger partial charge in [-0.05, 0) is 69.9 Å². The van der Waals surface area contributed by atoms with Crippen molar-refractivity contribution < 1.29 is 28.2 Å². The lowest BCUT2D eigenvalue weighted by Gasteiger charge is -2.31. The minimum Gasteiger partial charge on any atom is -0.490 e. The third-order valence-corrected chi connectivity index (χ3v) is 5.58. The van der Waals surface area contributed by atoms with Crippen molar-refractivity contribution in [2.24, 2.45) is 5.92 Å². The average molecular weight is 471 g/mol. The van der Waals surface area contributed by atoms with E-state index in [1.54, 1.807) is 42.7 Å². The number of hydrogen-bond donors (Lipinski definition) is 1. The summed E-state index contributed by atoms with van der Waals surface area (Å²) < 4.78 is 22.3. The maximum Gasteiger partial charge on any atom is 0.251 e. The van der Waals surface area contributed by atoms with Gasteiger partial charge in [0.2, 0.25) is 11.7 Å². The summed E-state index contributed by atoms with van der Waals surface area (Å²) in [6.07, 6.45) is 6.46. The highest BCUT2D eigenvalue weighted by atomic mass is 16.5. The number of rotatable bonds is 11. The Morgan fingerprint density at radius 2 is 1.71 bits per heavy atom. The predicted octanol–water partition coefficient (Wildman–Crippen LogP) is 4.16. The summed E-state index contributed by atoms with van der Waals surface area (Å²) in [7, 11) is 0. The number of carbonyl (C=O) groups is 2. The molecule has 1 aliphatic rings. The zero-order valence-electron chi connectivity index (χ0n) is 20.2. The minimum atomic E-state index is -0.190. The van der Waals surface area contributed by atoms with Gasteiger partial charge in [-0.1, -0.05) is 0 Å². The molecule has 0 saturated carbocycles. The summed E-state index contributed by atoms with van der Waals surface area (Å²) >= 11 is 0. The van der Waals surface area contributed by atoms with Gasteiger partial charge in [-0.15, -0.1) is 0 Å². The largest absolute Gasteiger partial charge is 0.490 e. The Morgan fingerprint density at radius 1 is 1.06 bits per heavy atom. The second-order valence-corrected chi connectivity index (χ2v) is 7.93. The molecule has 2 heterocycles. The lowest BCUT2D eigenvalue weighted by molar-refractivity contribution is -0.127. The van der Waals surface area contributed by atoms with Gasteiger partial charge in [-0.3, -0.25) is 9.59 Å². The van der Waals surface area contributed by atoms with Gasteiger partial charge in [0, 0.05) is 31.3 Å². The van der Waals surface area contributed by atoms with Crippen molar-refractivity contribution in [2.45, 2.75) is 33.6 Å². The number of carbonyl (C=O) groups excluding carboxylic acids is 2. The first kappa shape index (κ1) is 25.2. The zero-order valence-corrected chi connectivity index (χ0v) is 20.2. The highest BCUT2D eigenvalue weighted by molar-refractivity contribution is 5.95. The fraction of sp³-hybridized carbons (Fsp3) is 0.462. The van der Waals surface area contributed by atoms with Crippen LogP contribution in [0.2, 0.25) is 0 Å². The molecule has 0 bridgehead atoms. The molecule has 0 unspecified atom stereocenters. The van der Waals surface area contributed by atoms with Gasteiger partial charge in [0.15, 0.2) is 11.5 Å². The normalized spacial score (nSPS) is 14.3. The van der Waals surface area contributed by atoms with Crippen LogP contribution in [0, 0.1) is 5.92 Å². The number of piperidine rings is 1. The van der Waals surface area contributed by atoms with Gasteiger partial charge in [0.25, 0.3) is 5.91 Å².